The van der Waals surface area contributed by atoms with E-state index >= 15 is 0 Å². The van der Waals surface area contributed by atoms with Crippen molar-refractivity contribution in [2.45, 2.75) is 38.7 Å². The van der Waals surface area contributed by atoms with Gasteiger partial charge in [-0.25, -0.2) is 9.59 Å². The topological polar surface area (TPSA) is 79.7 Å². The number of carboxylic acids is 1. The number of nitrogens with zero attached hydrogens (tertiary/aromatic N) is 2. The molecule has 1 aliphatic heterocycles. The van der Waals surface area contributed by atoms with Crippen molar-refractivity contribution in [3.63, 3.8) is 0 Å². The number of pyridine rings is 1. The van der Waals surface area contributed by atoms with E-state index in [1.165, 1.54) is 6.20 Å². The Balaban J connectivity index is 2.10. The molecule has 1 atom stereocenters. The van der Waals surface area contributed by atoms with Crippen molar-refractivity contribution >= 4 is 12.1 Å². The first kappa shape index (κ1) is 15.3. The summed E-state index contributed by atoms with van der Waals surface area (Å²) in [7, 11) is 0. The Morgan fingerprint density at radius 2 is 2.14 bits per heavy atom. The summed E-state index contributed by atoms with van der Waals surface area (Å²) in [5.74, 6) is -0.986. The van der Waals surface area contributed by atoms with Crippen LogP contribution in [0, 0.1) is 0 Å². The lowest BCUT2D eigenvalue weighted by molar-refractivity contribution is 0.0292. The maximum atomic E-state index is 12.0. The molecule has 6 nitrogen and oxygen atoms in total. The van der Waals surface area contributed by atoms with Crippen molar-refractivity contribution < 1.29 is 19.4 Å². The fraction of sp³-hybridized carbons (Fsp3) is 0.533. The van der Waals surface area contributed by atoms with E-state index in [0.29, 0.717) is 13.1 Å². The molecule has 0 radical (unpaired) electrons. The number of carbonyl (C=O) groups excluding carboxylic acids is 1. The fourth-order valence-electron chi connectivity index (χ4n) is 2.45. The van der Waals surface area contributed by atoms with Crippen molar-refractivity contribution in [1.29, 1.82) is 0 Å². The molecular weight excluding hydrogens is 272 g/mol. The smallest absolute Gasteiger partial charge is 0.410 e. The SMILES string of the molecule is CC(C)(C)OC(=O)N1CCC(c2ccncc2C(=O)O)C1. The van der Waals surface area contributed by atoms with Crippen LogP contribution >= 0.6 is 0 Å². The van der Waals surface area contributed by atoms with Crippen LogP contribution in [0.15, 0.2) is 18.5 Å². The van der Waals surface area contributed by atoms with Crippen LogP contribution in [0.25, 0.3) is 0 Å². The second-order valence-corrected chi connectivity index (χ2v) is 6.18. The van der Waals surface area contributed by atoms with Crippen LogP contribution in [0.2, 0.25) is 0 Å². The van der Waals surface area contributed by atoms with E-state index < -0.39 is 11.6 Å². The molecule has 0 spiro atoms. The summed E-state index contributed by atoms with van der Waals surface area (Å²) in [4.78, 5) is 28.7. The zero-order chi connectivity index (χ0) is 15.6. The van der Waals surface area contributed by atoms with Gasteiger partial charge in [0.1, 0.15) is 5.60 Å². The highest BCUT2D eigenvalue weighted by Gasteiger charge is 2.32. The van der Waals surface area contributed by atoms with Gasteiger partial charge in [-0.15, -0.1) is 0 Å². The molecule has 1 aromatic heterocycles. The number of rotatable bonds is 2. The van der Waals surface area contributed by atoms with Crippen molar-refractivity contribution in [2.24, 2.45) is 0 Å². The number of carboxylic acid groups (broad SMARTS) is 1. The largest absolute Gasteiger partial charge is 0.478 e. The minimum atomic E-state index is -0.992. The van der Waals surface area contributed by atoms with Crippen molar-refractivity contribution in [3.8, 4) is 0 Å². The molecule has 1 aromatic rings. The van der Waals surface area contributed by atoms with Crippen molar-refractivity contribution in [1.82, 2.24) is 9.88 Å². The van der Waals surface area contributed by atoms with E-state index in [-0.39, 0.29) is 17.6 Å². The minimum absolute atomic E-state index is 0.00613. The Hall–Kier alpha value is -2.11. The van der Waals surface area contributed by atoms with E-state index in [4.69, 9.17) is 4.74 Å². The summed E-state index contributed by atoms with van der Waals surface area (Å²) in [6.07, 6.45) is 3.31. The van der Waals surface area contributed by atoms with Crippen LogP contribution < -0.4 is 0 Å². The summed E-state index contributed by atoms with van der Waals surface area (Å²) in [5, 5.41) is 9.21. The Morgan fingerprint density at radius 1 is 1.43 bits per heavy atom. The van der Waals surface area contributed by atoms with Crippen LogP contribution in [0.3, 0.4) is 0 Å². The molecule has 1 unspecified atom stereocenters. The third kappa shape index (κ3) is 3.71. The van der Waals surface area contributed by atoms with Gasteiger partial charge in [0.2, 0.25) is 0 Å². The zero-order valence-corrected chi connectivity index (χ0v) is 12.5. The maximum Gasteiger partial charge on any atom is 0.410 e. The third-order valence-electron chi connectivity index (χ3n) is 3.36. The minimum Gasteiger partial charge on any atom is -0.478 e. The molecule has 1 aliphatic rings. The normalized spacial score (nSPS) is 18.6. The van der Waals surface area contributed by atoms with E-state index in [1.54, 1.807) is 17.2 Å². The van der Waals surface area contributed by atoms with Gasteiger partial charge >= 0.3 is 12.1 Å². The van der Waals surface area contributed by atoms with E-state index in [0.717, 1.165) is 12.0 Å². The van der Waals surface area contributed by atoms with Gasteiger partial charge in [0.25, 0.3) is 0 Å². The summed E-state index contributed by atoms with van der Waals surface area (Å²) in [5.41, 5.74) is 0.398. The lowest BCUT2D eigenvalue weighted by Crippen LogP contribution is -2.35. The molecule has 1 N–H and O–H groups in total. The second-order valence-electron chi connectivity index (χ2n) is 6.18. The average Bonchev–Trinajstić information content (AvgIpc) is 2.86. The zero-order valence-electron chi connectivity index (χ0n) is 12.5. The maximum absolute atomic E-state index is 12.0. The lowest BCUT2D eigenvalue weighted by atomic mass is 9.95. The Bertz CT molecular complexity index is 551. The highest BCUT2D eigenvalue weighted by molar-refractivity contribution is 5.89. The molecule has 1 fully saturated rings. The van der Waals surface area contributed by atoms with Crippen LogP contribution in [0.1, 0.15) is 49.0 Å². The number of aromatic carboxylic acids is 1. The number of carbonyl (C=O) groups is 2. The quantitative estimate of drug-likeness (QED) is 0.906. The van der Waals surface area contributed by atoms with Crippen LogP contribution in [0.5, 0.6) is 0 Å². The molecule has 21 heavy (non-hydrogen) atoms. The first-order valence-electron chi connectivity index (χ1n) is 6.93. The van der Waals surface area contributed by atoms with Gasteiger partial charge in [0, 0.05) is 31.4 Å². The van der Waals surface area contributed by atoms with Gasteiger partial charge in [0.05, 0.1) is 5.56 Å². The standard InChI is InChI=1S/C15H20N2O4/c1-15(2,3)21-14(20)17-7-5-10(9-17)11-4-6-16-8-12(11)13(18)19/h4,6,8,10H,5,7,9H2,1-3H3,(H,18,19). The number of ether oxygens (including phenoxy) is 1. The lowest BCUT2D eigenvalue weighted by Gasteiger charge is -2.24. The molecule has 2 heterocycles. The van der Waals surface area contributed by atoms with Gasteiger partial charge in [-0.1, -0.05) is 0 Å². The molecular formula is C15H20N2O4. The van der Waals surface area contributed by atoms with E-state index in [9.17, 15) is 14.7 Å². The van der Waals surface area contributed by atoms with Crippen molar-refractivity contribution in [3.05, 3.63) is 29.6 Å². The Labute approximate surface area is 123 Å². The molecule has 1 saturated heterocycles. The van der Waals surface area contributed by atoms with Crippen molar-refractivity contribution in [2.75, 3.05) is 13.1 Å². The van der Waals surface area contributed by atoms with Crippen LogP contribution in [-0.4, -0.2) is 45.7 Å². The molecule has 114 valence electrons. The number of hydrogen-bond donors (Lipinski definition) is 1. The number of amides is 1. The first-order valence-corrected chi connectivity index (χ1v) is 6.93. The van der Waals surface area contributed by atoms with Gasteiger partial charge in [0.15, 0.2) is 0 Å². The summed E-state index contributed by atoms with van der Waals surface area (Å²) in [6, 6.07) is 1.71. The molecule has 0 aromatic carbocycles. The highest BCUT2D eigenvalue weighted by Crippen LogP contribution is 2.30. The number of likely N-dealkylation sites (tertiary alicyclic amines) is 1. The van der Waals surface area contributed by atoms with Crippen LogP contribution in [-0.2, 0) is 4.74 Å². The fourth-order valence-corrected chi connectivity index (χ4v) is 2.45. The van der Waals surface area contributed by atoms with Gasteiger partial charge in [-0.3, -0.25) is 4.98 Å². The van der Waals surface area contributed by atoms with E-state index in [2.05, 4.69) is 4.98 Å². The van der Waals surface area contributed by atoms with Gasteiger partial charge < -0.3 is 14.7 Å². The molecule has 0 bridgehead atoms. The second kappa shape index (κ2) is 5.71. The van der Waals surface area contributed by atoms with Crippen LogP contribution in [0.4, 0.5) is 4.79 Å². The molecule has 1 amide bonds. The molecule has 6 heteroatoms. The van der Waals surface area contributed by atoms with Gasteiger partial charge in [-0.2, -0.15) is 0 Å². The Kier molecular flexibility index (Phi) is 4.16. The van der Waals surface area contributed by atoms with Gasteiger partial charge in [-0.05, 0) is 38.8 Å². The number of hydrogen-bond acceptors (Lipinski definition) is 4. The van der Waals surface area contributed by atoms with E-state index in [1.807, 2.05) is 20.8 Å². The molecule has 0 aliphatic carbocycles. The summed E-state index contributed by atoms with van der Waals surface area (Å²) < 4.78 is 5.34. The monoisotopic (exact) mass is 292 g/mol. The third-order valence-corrected chi connectivity index (χ3v) is 3.36. The molecule has 0 saturated carbocycles. The first-order chi connectivity index (χ1) is 9.78. The summed E-state index contributed by atoms with van der Waals surface area (Å²) in [6.45, 7) is 6.51. The predicted octanol–water partition coefficient (Wildman–Crippen LogP) is 2.50. The average molecular weight is 292 g/mol. The Morgan fingerprint density at radius 3 is 2.76 bits per heavy atom. The highest BCUT2D eigenvalue weighted by atomic mass is 16.6. The molecule has 2 rings (SSSR count). The summed E-state index contributed by atoms with van der Waals surface area (Å²) >= 11 is 0. The number of aromatic nitrogens is 1. The predicted molar refractivity (Wildman–Crippen MR) is 76.4 cm³/mol.